The van der Waals surface area contributed by atoms with E-state index in [4.69, 9.17) is 14.2 Å². The van der Waals surface area contributed by atoms with E-state index in [9.17, 15) is 4.79 Å². The van der Waals surface area contributed by atoms with Crippen molar-refractivity contribution in [2.45, 2.75) is 24.9 Å². The summed E-state index contributed by atoms with van der Waals surface area (Å²) in [5.74, 6) is 0.760. The highest BCUT2D eigenvalue weighted by molar-refractivity contribution is 5.93. The van der Waals surface area contributed by atoms with Gasteiger partial charge in [0.15, 0.2) is 0 Å². The molecule has 3 aliphatic rings. The van der Waals surface area contributed by atoms with E-state index in [0.29, 0.717) is 19.3 Å². The first-order valence-electron chi connectivity index (χ1n) is 7.76. The Bertz CT molecular complexity index is 592. The number of hydrogen-bond donors (Lipinski definition) is 0. The van der Waals surface area contributed by atoms with Gasteiger partial charge in [0.2, 0.25) is 0 Å². The molecule has 2 atom stereocenters. The molecule has 0 aromatic heterocycles. The van der Waals surface area contributed by atoms with Gasteiger partial charge in [0, 0.05) is 25.4 Å². The zero-order valence-corrected chi connectivity index (χ0v) is 12.7. The number of anilines is 2. The van der Waals surface area contributed by atoms with E-state index in [-0.39, 0.29) is 12.1 Å². The summed E-state index contributed by atoms with van der Waals surface area (Å²) in [7, 11) is 1.74. The van der Waals surface area contributed by atoms with E-state index in [0.717, 1.165) is 36.7 Å². The minimum atomic E-state index is -0.277. The lowest BCUT2D eigenvalue weighted by Crippen LogP contribution is -2.41. The summed E-state index contributed by atoms with van der Waals surface area (Å²) in [4.78, 5) is 15.9. The molecule has 0 spiro atoms. The fourth-order valence-corrected chi connectivity index (χ4v) is 3.60. The van der Waals surface area contributed by atoms with Crippen LogP contribution in [0.4, 0.5) is 16.2 Å². The Morgan fingerprint density at radius 2 is 2.18 bits per heavy atom. The molecule has 6 heteroatoms. The maximum atomic E-state index is 11.9. The average molecular weight is 304 g/mol. The first kappa shape index (κ1) is 13.7. The highest BCUT2D eigenvalue weighted by Crippen LogP contribution is 2.40. The maximum absolute atomic E-state index is 11.9. The van der Waals surface area contributed by atoms with Crippen molar-refractivity contribution in [3.63, 3.8) is 0 Å². The van der Waals surface area contributed by atoms with Crippen molar-refractivity contribution in [3.8, 4) is 5.75 Å². The van der Waals surface area contributed by atoms with Crippen LogP contribution in [0.2, 0.25) is 0 Å². The monoisotopic (exact) mass is 304 g/mol. The molecule has 0 aliphatic carbocycles. The zero-order valence-electron chi connectivity index (χ0n) is 12.7. The molecule has 22 heavy (non-hydrogen) atoms. The number of cyclic esters (lactones) is 1. The van der Waals surface area contributed by atoms with Crippen LogP contribution in [0.1, 0.15) is 12.8 Å². The molecule has 0 bridgehead atoms. The van der Waals surface area contributed by atoms with Gasteiger partial charge in [-0.1, -0.05) is 0 Å². The van der Waals surface area contributed by atoms with E-state index < -0.39 is 0 Å². The molecule has 1 amide bonds. The van der Waals surface area contributed by atoms with Crippen molar-refractivity contribution in [2.75, 3.05) is 43.3 Å². The van der Waals surface area contributed by atoms with Crippen LogP contribution in [-0.2, 0) is 9.47 Å². The summed E-state index contributed by atoms with van der Waals surface area (Å²) in [6, 6.07) is 6.47. The summed E-state index contributed by atoms with van der Waals surface area (Å²) in [5, 5.41) is 0. The normalized spacial score (nSPS) is 26.5. The lowest BCUT2D eigenvalue weighted by Gasteiger charge is -2.32. The summed E-state index contributed by atoms with van der Waals surface area (Å²) in [6.07, 6.45) is 2.04. The second kappa shape index (κ2) is 5.35. The van der Waals surface area contributed by atoms with Gasteiger partial charge in [0.05, 0.1) is 18.3 Å². The van der Waals surface area contributed by atoms with Crippen molar-refractivity contribution >= 4 is 17.5 Å². The summed E-state index contributed by atoms with van der Waals surface area (Å²) >= 11 is 0. The van der Waals surface area contributed by atoms with Gasteiger partial charge >= 0.3 is 6.09 Å². The third-order valence-corrected chi connectivity index (χ3v) is 4.66. The SMILES string of the molecule is COCC1CCCN1c1ccc2c(c1)OCC1COC(=O)N21. The Hall–Kier alpha value is -1.95. The van der Waals surface area contributed by atoms with Gasteiger partial charge in [-0.25, -0.2) is 4.79 Å². The Labute approximate surface area is 129 Å². The molecule has 118 valence electrons. The Morgan fingerprint density at radius 3 is 3.05 bits per heavy atom. The Balaban J connectivity index is 1.63. The minimum absolute atomic E-state index is 0.00104. The number of hydrogen-bond acceptors (Lipinski definition) is 5. The Kier molecular flexibility index (Phi) is 3.33. The van der Waals surface area contributed by atoms with E-state index in [1.165, 1.54) is 6.42 Å². The maximum Gasteiger partial charge on any atom is 0.414 e. The van der Waals surface area contributed by atoms with E-state index in [1.807, 2.05) is 12.1 Å². The van der Waals surface area contributed by atoms with Crippen molar-refractivity contribution in [1.82, 2.24) is 0 Å². The number of rotatable bonds is 3. The van der Waals surface area contributed by atoms with Gasteiger partial charge in [-0.2, -0.15) is 0 Å². The fourth-order valence-electron chi connectivity index (χ4n) is 3.60. The smallest absolute Gasteiger partial charge is 0.414 e. The first-order chi connectivity index (χ1) is 10.8. The van der Waals surface area contributed by atoms with Gasteiger partial charge in [-0.05, 0) is 25.0 Å². The second-order valence-corrected chi connectivity index (χ2v) is 6.01. The number of fused-ring (bicyclic) bond motifs is 3. The minimum Gasteiger partial charge on any atom is -0.489 e. The molecule has 2 fully saturated rings. The molecule has 6 nitrogen and oxygen atoms in total. The fraction of sp³-hybridized carbons (Fsp3) is 0.562. The lowest BCUT2D eigenvalue weighted by molar-refractivity contribution is 0.176. The molecule has 2 saturated heterocycles. The average Bonchev–Trinajstić information content (AvgIpc) is 3.14. The van der Waals surface area contributed by atoms with Gasteiger partial charge < -0.3 is 19.1 Å². The van der Waals surface area contributed by atoms with E-state index in [1.54, 1.807) is 12.0 Å². The van der Waals surface area contributed by atoms with Crippen LogP contribution >= 0.6 is 0 Å². The molecule has 0 N–H and O–H groups in total. The van der Waals surface area contributed by atoms with Gasteiger partial charge in [0.25, 0.3) is 0 Å². The largest absolute Gasteiger partial charge is 0.489 e. The number of ether oxygens (including phenoxy) is 3. The zero-order chi connectivity index (χ0) is 15.1. The number of carbonyl (C=O) groups is 1. The molecular weight excluding hydrogens is 284 g/mol. The van der Waals surface area contributed by atoms with Crippen molar-refractivity contribution in [1.29, 1.82) is 0 Å². The number of methoxy groups -OCH3 is 1. The number of benzene rings is 1. The van der Waals surface area contributed by atoms with Gasteiger partial charge in [-0.15, -0.1) is 0 Å². The number of amides is 1. The molecule has 4 rings (SSSR count). The first-order valence-corrected chi connectivity index (χ1v) is 7.76. The number of nitrogens with zero attached hydrogens (tertiary/aromatic N) is 2. The molecule has 3 heterocycles. The van der Waals surface area contributed by atoms with Gasteiger partial charge in [-0.3, -0.25) is 4.90 Å². The molecule has 1 aromatic carbocycles. The quantitative estimate of drug-likeness (QED) is 0.855. The lowest BCUT2D eigenvalue weighted by atomic mass is 10.1. The van der Waals surface area contributed by atoms with E-state index in [2.05, 4.69) is 11.0 Å². The topological polar surface area (TPSA) is 51.2 Å². The van der Waals surface area contributed by atoms with Crippen molar-refractivity contribution in [3.05, 3.63) is 18.2 Å². The highest BCUT2D eigenvalue weighted by atomic mass is 16.6. The molecule has 3 aliphatic heterocycles. The van der Waals surface area contributed by atoms with Crippen LogP contribution in [0, 0.1) is 0 Å². The third-order valence-electron chi connectivity index (χ3n) is 4.66. The van der Waals surface area contributed by atoms with Gasteiger partial charge in [0.1, 0.15) is 25.0 Å². The highest BCUT2D eigenvalue weighted by Gasteiger charge is 2.39. The van der Waals surface area contributed by atoms with Crippen molar-refractivity contribution < 1.29 is 19.0 Å². The summed E-state index contributed by atoms with van der Waals surface area (Å²) < 4.78 is 16.3. The van der Waals surface area contributed by atoms with Crippen LogP contribution in [0.15, 0.2) is 18.2 Å². The summed E-state index contributed by atoms with van der Waals surface area (Å²) in [5.41, 5.74) is 1.94. The molecule has 0 saturated carbocycles. The third kappa shape index (κ3) is 2.09. The second-order valence-electron chi connectivity index (χ2n) is 6.01. The standard InChI is InChI=1S/C16H20N2O4/c1-20-8-12-3-2-6-17(12)11-4-5-14-15(7-11)21-9-13-10-22-16(19)18(13)14/h4-5,7,12-13H,2-3,6,8-10H2,1H3. The van der Waals surface area contributed by atoms with Crippen LogP contribution in [0.3, 0.4) is 0 Å². The molecular formula is C16H20N2O4. The molecule has 0 radical (unpaired) electrons. The van der Waals surface area contributed by atoms with Crippen LogP contribution in [-0.4, -0.2) is 51.7 Å². The van der Waals surface area contributed by atoms with Crippen LogP contribution in [0.5, 0.6) is 5.75 Å². The predicted octanol–water partition coefficient (Wildman–Crippen LogP) is 2.02. The predicted molar refractivity (Wildman–Crippen MR) is 81.8 cm³/mol. The van der Waals surface area contributed by atoms with Crippen LogP contribution < -0.4 is 14.5 Å². The Morgan fingerprint density at radius 1 is 1.32 bits per heavy atom. The summed E-state index contributed by atoms with van der Waals surface area (Å²) in [6.45, 7) is 2.66. The molecule has 2 unspecified atom stereocenters. The van der Waals surface area contributed by atoms with Crippen LogP contribution in [0.25, 0.3) is 0 Å². The number of carbonyl (C=O) groups excluding carboxylic acids is 1. The van der Waals surface area contributed by atoms with Crippen molar-refractivity contribution in [2.24, 2.45) is 0 Å². The van der Waals surface area contributed by atoms with E-state index >= 15 is 0 Å². The molecule has 1 aromatic rings.